The van der Waals surface area contributed by atoms with Crippen LogP contribution in [0.15, 0.2) is 59.3 Å². The zero-order valence-electron chi connectivity index (χ0n) is 12.4. The topological polar surface area (TPSA) is 75.8 Å². The number of anilines is 1. The second kappa shape index (κ2) is 5.17. The van der Waals surface area contributed by atoms with Gasteiger partial charge in [0.05, 0.1) is 12.0 Å². The molecule has 0 aliphatic carbocycles. The molecule has 1 amide bonds. The van der Waals surface area contributed by atoms with Crippen molar-refractivity contribution < 1.29 is 9.21 Å². The van der Waals surface area contributed by atoms with Crippen LogP contribution in [0.4, 0.5) is 5.69 Å². The first kappa shape index (κ1) is 13.4. The van der Waals surface area contributed by atoms with Gasteiger partial charge in [0.1, 0.15) is 5.69 Å². The van der Waals surface area contributed by atoms with Gasteiger partial charge in [0.2, 0.25) is 0 Å². The average Bonchev–Trinajstić information content (AvgIpc) is 3.28. The van der Waals surface area contributed by atoms with E-state index >= 15 is 0 Å². The maximum atomic E-state index is 12.4. The van der Waals surface area contributed by atoms with Crippen molar-refractivity contribution in [2.45, 2.75) is 0 Å². The number of H-pyrrole nitrogens is 1. The largest absolute Gasteiger partial charge is 0.463 e. The number of hydrogen-bond donors (Lipinski definition) is 2. The van der Waals surface area contributed by atoms with Gasteiger partial charge in [0, 0.05) is 30.2 Å². The Balaban J connectivity index is 1.62. The van der Waals surface area contributed by atoms with Crippen molar-refractivity contribution in [1.29, 1.82) is 0 Å². The third-order valence-corrected chi connectivity index (χ3v) is 3.77. The first-order valence-electron chi connectivity index (χ1n) is 7.17. The maximum Gasteiger partial charge on any atom is 0.276 e. The Bertz CT molecular complexity index is 979. The minimum atomic E-state index is -0.268. The van der Waals surface area contributed by atoms with Crippen molar-refractivity contribution in [3.8, 4) is 11.5 Å². The maximum absolute atomic E-state index is 12.4. The van der Waals surface area contributed by atoms with Gasteiger partial charge in [-0.05, 0) is 30.3 Å². The smallest absolute Gasteiger partial charge is 0.276 e. The van der Waals surface area contributed by atoms with Crippen LogP contribution >= 0.6 is 0 Å². The van der Waals surface area contributed by atoms with Gasteiger partial charge in [0.15, 0.2) is 11.5 Å². The van der Waals surface area contributed by atoms with E-state index in [9.17, 15) is 4.79 Å². The zero-order chi connectivity index (χ0) is 15.8. The van der Waals surface area contributed by atoms with Gasteiger partial charge in [-0.15, -0.1) is 0 Å². The number of nitrogens with one attached hydrogen (secondary N) is 2. The highest BCUT2D eigenvalue weighted by Crippen LogP contribution is 2.24. The van der Waals surface area contributed by atoms with Gasteiger partial charge in [0.25, 0.3) is 5.91 Å². The lowest BCUT2D eigenvalue weighted by molar-refractivity contribution is 0.102. The highest BCUT2D eigenvalue weighted by molar-refractivity contribution is 6.08. The van der Waals surface area contributed by atoms with Crippen LogP contribution in [0.3, 0.4) is 0 Å². The van der Waals surface area contributed by atoms with E-state index in [-0.39, 0.29) is 5.91 Å². The molecule has 0 atom stereocenters. The number of fused-ring (bicyclic) bond motifs is 1. The fourth-order valence-electron chi connectivity index (χ4n) is 2.59. The Labute approximate surface area is 131 Å². The monoisotopic (exact) mass is 306 g/mol. The molecule has 0 bridgehead atoms. The lowest BCUT2D eigenvalue weighted by Crippen LogP contribution is -2.12. The highest BCUT2D eigenvalue weighted by atomic mass is 16.3. The molecule has 4 rings (SSSR count). The van der Waals surface area contributed by atoms with E-state index in [0.717, 1.165) is 16.6 Å². The van der Waals surface area contributed by atoms with E-state index in [1.807, 2.05) is 42.1 Å². The molecular formula is C17H14N4O2. The molecule has 1 aromatic carbocycles. The number of amides is 1. The van der Waals surface area contributed by atoms with Crippen molar-refractivity contribution >= 4 is 22.5 Å². The Morgan fingerprint density at radius 2 is 2.17 bits per heavy atom. The lowest BCUT2D eigenvalue weighted by atomic mass is 10.2. The van der Waals surface area contributed by atoms with Crippen LogP contribution in [0.2, 0.25) is 0 Å². The number of nitrogens with zero attached hydrogens (tertiary/aromatic N) is 2. The number of carbonyl (C=O) groups is 1. The van der Waals surface area contributed by atoms with Crippen LogP contribution in [-0.4, -0.2) is 20.7 Å². The molecular weight excluding hydrogens is 292 g/mol. The van der Waals surface area contributed by atoms with Gasteiger partial charge >= 0.3 is 0 Å². The Kier molecular flexibility index (Phi) is 3.01. The molecule has 6 heteroatoms. The molecule has 0 unspecified atom stereocenters. The summed E-state index contributed by atoms with van der Waals surface area (Å²) in [4.78, 5) is 12.4. The molecule has 0 fully saturated rings. The van der Waals surface area contributed by atoms with Crippen molar-refractivity contribution in [3.63, 3.8) is 0 Å². The number of benzene rings is 1. The Morgan fingerprint density at radius 1 is 1.26 bits per heavy atom. The normalized spacial score (nSPS) is 11.0. The van der Waals surface area contributed by atoms with Crippen molar-refractivity contribution in [3.05, 3.63) is 60.6 Å². The summed E-state index contributed by atoms with van der Waals surface area (Å²) in [6, 6.07) is 13.0. The van der Waals surface area contributed by atoms with Gasteiger partial charge in [-0.3, -0.25) is 9.89 Å². The number of aryl methyl sites for hydroxylation is 1. The molecule has 3 aromatic heterocycles. The molecule has 114 valence electrons. The van der Waals surface area contributed by atoms with E-state index in [2.05, 4.69) is 15.5 Å². The second-order valence-corrected chi connectivity index (χ2v) is 5.26. The molecule has 0 spiro atoms. The summed E-state index contributed by atoms with van der Waals surface area (Å²) in [5.41, 5.74) is 2.79. The molecule has 0 aliphatic rings. The third kappa shape index (κ3) is 2.30. The predicted molar refractivity (Wildman–Crippen MR) is 87.2 cm³/mol. The molecule has 0 saturated heterocycles. The van der Waals surface area contributed by atoms with Crippen LogP contribution in [0.1, 0.15) is 10.5 Å². The summed E-state index contributed by atoms with van der Waals surface area (Å²) in [5, 5.41) is 10.8. The number of aromatic amines is 1. The quantitative estimate of drug-likeness (QED) is 0.609. The van der Waals surface area contributed by atoms with Crippen molar-refractivity contribution in [2.75, 3.05) is 5.32 Å². The summed E-state index contributed by atoms with van der Waals surface area (Å²) in [6.45, 7) is 0. The van der Waals surface area contributed by atoms with Crippen LogP contribution in [0.5, 0.6) is 0 Å². The number of carbonyl (C=O) groups excluding carboxylic acids is 1. The summed E-state index contributed by atoms with van der Waals surface area (Å²) >= 11 is 0. The SMILES string of the molecule is Cn1ccc2c(NC(=O)c3cc(-c4ccco4)[nH]n3)cccc21. The third-order valence-electron chi connectivity index (χ3n) is 3.77. The minimum Gasteiger partial charge on any atom is -0.463 e. The first-order valence-corrected chi connectivity index (χ1v) is 7.17. The zero-order valence-corrected chi connectivity index (χ0v) is 12.4. The standard InChI is InChI=1S/C17H14N4O2/c1-21-8-7-11-12(4-2-5-15(11)21)18-17(22)14-10-13(19-20-14)16-6-3-9-23-16/h2-10H,1H3,(H,18,22)(H,19,20). The van der Waals surface area contributed by atoms with Crippen LogP contribution in [-0.2, 0) is 7.05 Å². The van der Waals surface area contributed by atoms with E-state index in [0.29, 0.717) is 17.1 Å². The van der Waals surface area contributed by atoms with Gasteiger partial charge in [-0.2, -0.15) is 5.10 Å². The summed E-state index contributed by atoms with van der Waals surface area (Å²) in [6.07, 6.45) is 3.54. The number of furan rings is 1. The van der Waals surface area contributed by atoms with Crippen molar-refractivity contribution in [2.24, 2.45) is 7.05 Å². The second-order valence-electron chi connectivity index (χ2n) is 5.26. The fraction of sp³-hybridized carbons (Fsp3) is 0.0588. The molecule has 0 saturated carbocycles. The molecule has 4 aromatic rings. The van der Waals surface area contributed by atoms with Crippen molar-refractivity contribution in [1.82, 2.24) is 14.8 Å². The predicted octanol–water partition coefficient (Wildman–Crippen LogP) is 3.41. The van der Waals surface area contributed by atoms with E-state index < -0.39 is 0 Å². The number of rotatable bonds is 3. The first-order chi connectivity index (χ1) is 11.2. The number of aromatic nitrogens is 3. The minimum absolute atomic E-state index is 0.268. The van der Waals surface area contributed by atoms with E-state index in [4.69, 9.17) is 4.42 Å². The lowest BCUT2D eigenvalue weighted by Gasteiger charge is -2.05. The van der Waals surface area contributed by atoms with E-state index in [1.54, 1.807) is 24.5 Å². The highest BCUT2D eigenvalue weighted by Gasteiger charge is 2.14. The molecule has 2 N–H and O–H groups in total. The number of hydrogen-bond acceptors (Lipinski definition) is 3. The van der Waals surface area contributed by atoms with Gasteiger partial charge in [-0.1, -0.05) is 6.07 Å². The summed E-state index contributed by atoms with van der Waals surface area (Å²) in [5.74, 6) is 0.372. The molecule has 0 radical (unpaired) electrons. The molecule has 6 nitrogen and oxygen atoms in total. The summed E-state index contributed by atoms with van der Waals surface area (Å²) < 4.78 is 7.29. The van der Waals surface area contributed by atoms with Gasteiger partial charge < -0.3 is 14.3 Å². The van der Waals surface area contributed by atoms with Crippen LogP contribution in [0.25, 0.3) is 22.4 Å². The fourth-order valence-corrected chi connectivity index (χ4v) is 2.59. The Morgan fingerprint density at radius 3 is 3.00 bits per heavy atom. The Hall–Kier alpha value is -3.28. The van der Waals surface area contributed by atoms with Crippen LogP contribution < -0.4 is 5.32 Å². The molecule has 23 heavy (non-hydrogen) atoms. The van der Waals surface area contributed by atoms with Crippen LogP contribution in [0, 0.1) is 0 Å². The van der Waals surface area contributed by atoms with Gasteiger partial charge in [-0.25, -0.2) is 0 Å². The summed E-state index contributed by atoms with van der Waals surface area (Å²) in [7, 11) is 1.97. The van der Waals surface area contributed by atoms with E-state index in [1.165, 1.54) is 0 Å². The average molecular weight is 306 g/mol. The molecule has 0 aliphatic heterocycles. The molecule has 3 heterocycles.